The van der Waals surface area contributed by atoms with Crippen molar-refractivity contribution in [3.63, 3.8) is 0 Å². The minimum absolute atomic E-state index is 0.00932. The highest BCUT2D eigenvalue weighted by atomic mass is 16.5. The van der Waals surface area contributed by atoms with Gasteiger partial charge in [-0.1, -0.05) is 6.07 Å². The quantitative estimate of drug-likeness (QED) is 0.872. The fourth-order valence-electron chi connectivity index (χ4n) is 2.38. The molecule has 1 aliphatic rings. The van der Waals surface area contributed by atoms with E-state index < -0.39 is 12.1 Å². The summed E-state index contributed by atoms with van der Waals surface area (Å²) in [5.41, 5.74) is 1.61. The molecule has 2 aromatic rings. The van der Waals surface area contributed by atoms with Crippen LogP contribution in [0.25, 0.3) is 0 Å². The van der Waals surface area contributed by atoms with E-state index in [4.69, 9.17) is 9.47 Å². The zero-order chi connectivity index (χ0) is 17.3. The molecule has 0 spiro atoms. The van der Waals surface area contributed by atoms with Crippen molar-refractivity contribution in [1.82, 2.24) is 9.78 Å². The minimum atomic E-state index is -0.486. The molecule has 0 radical (unpaired) electrons. The van der Waals surface area contributed by atoms with Gasteiger partial charge in [0.15, 0.2) is 12.3 Å². The molecule has 0 aliphatic carbocycles. The van der Waals surface area contributed by atoms with Crippen LogP contribution in [0.3, 0.4) is 0 Å². The van der Waals surface area contributed by atoms with E-state index in [1.807, 2.05) is 13.8 Å². The minimum Gasteiger partial charge on any atom is -0.482 e. The molecule has 7 heteroatoms. The van der Waals surface area contributed by atoms with Gasteiger partial charge in [-0.2, -0.15) is 5.10 Å². The predicted molar refractivity (Wildman–Crippen MR) is 87.0 cm³/mol. The molecular weight excluding hydrogens is 310 g/mol. The van der Waals surface area contributed by atoms with E-state index in [0.717, 1.165) is 5.56 Å². The van der Waals surface area contributed by atoms with Crippen LogP contribution >= 0.6 is 0 Å². The van der Waals surface area contributed by atoms with Gasteiger partial charge in [-0.25, -0.2) is 4.79 Å². The molecule has 126 valence electrons. The molecule has 0 bridgehead atoms. The smallest absolute Gasteiger partial charge is 0.359 e. The fourth-order valence-corrected chi connectivity index (χ4v) is 2.38. The summed E-state index contributed by atoms with van der Waals surface area (Å²) < 4.78 is 12.5. The number of rotatable bonds is 4. The molecule has 0 fully saturated rings. The van der Waals surface area contributed by atoms with Gasteiger partial charge >= 0.3 is 5.97 Å². The van der Waals surface area contributed by atoms with Gasteiger partial charge < -0.3 is 14.8 Å². The van der Waals surface area contributed by atoms with Gasteiger partial charge in [0.2, 0.25) is 0 Å². The molecule has 1 amide bonds. The Morgan fingerprint density at radius 2 is 2.12 bits per heavy atom. The Morgan fingerprint density at radius 1 is 1.33 bits per heavy atom. The third-order valence-corrected chi connectivity index (χ3v) is 3.74. The number of anilines is 1. The first-order valence-corrected chi connectivity index (χ1v) is 7.77. The Hall–Kier alpha value is -2.83. The number of carbonyl (C=O) groups is 2. The number of ether oxygens (including phenoxy) is 2. The van der Waals surface area contributed by atoms with Gasteiger partial charge in [0.25, 0.3) is 5.91 Å². The molecule has 1 aromatic carbocycles. The first-order valence-electron chi connectivity index (χ1n) is 7.77. The maximum atomic E-state index is 12.2. The van der Waals surface area contributed by atoms with E-state index in [9.17, 15) is 9.59 Å². The van der Waals surface area contributed by atoms with E-state index in [1.165, 1.54) is 0 Å². The second kappa shape index (κ2) is 6.35. The van der Waals surface area contributed by atoms with Crippen molar-refractivity contribution in [3.8, 4) is 5.75 Å². The average Bonchev–Trinajstić information content (AvgIpc) is 3.04. The van der Waals surface area contributed by atoms with Crippen LogP contribution in [0.1, 0.15) is 49.0 Å². The van der Waals surface area contributed by atoms with Crippen LogP contribution in [-0.4, -0.2) is 28.3 Å². The van der Waals surface area contributed by atoms with E-state index in [2.05, 4.69) is 10.4 Å². The maximum Gasteiger partial charge on any atom is 0.359 e. The first kappa shape index (κ1) is 16.0. The summed E-state index contributed by atoms with van der Waals surface area (Å²) in [7, 11) is 0. The summed E-state index contributed by atoms with van der Waals surface area (Å²) in [6, 6.07) is 7.11. The summed E-state index contributed by atoms with van der Waals surface area (Å²) in [5, 5.41) is 6.94. The van der Waals surface area contributed by atoms with E-state index in [-0.39, 0.29) is 24.2 Å². The van der Waals surface area contributed by atoms with Gasteiger partial charge in [0, 0.05) is 12.2 Å². The van der Waals surface area contributed by atoms with Crippen molar-refractivity contribution in [2.75, 3.05) is 11.9 Å². The molecule has 7 nitrogen and oxygen atoms in total. The molecule has 24 heavy (non-hydrogen) atoms. The number of nitrogens with zero attached hydrogens (tertiary/aromatic N) is 2. The summed E-state index contributed by atoms with van der Waals surface area (Å²) in [6.45, 7) is 5.74. The highest BCUT2D eigenvalue weighted by molar-refractivity contribution is 5.95. The fraction of sp³-hybridized carbons (Fsp3) is 0.353. The molecule has 0 saturated heterocycles. The average molecular weight is 329 g/mol. The second-order valence-electron chi connectivity index (χ2n) is 5.91. The molecule has 1 atom stereocenters. The van der Waals surface area contributed by atoms with E-state index in [0.29, 0.717) is 11.4 Å². The number of aromatic nitrogens is 2. The monoisotopic (exact) mass is 329 g/mol. The lowest BCUT2D eigenvalue weighted by Crippen LogP contribution is -2.25. The molecule has 2 heterocycles. The third kappa shape index (κ3) is 3.24. The molecule has 1 aliphatic heterocycles. The summed E-state index contributed by atoms with van der Waals surface area (Å²) >= 11 is 0. The van der Waals surface area contributed by atoms with Crippen LogP contribution in [0.15, 0.2) is 30.5 Å². The molecule has 1 aromatic heterocycles. The van der Waals surface area contributed by atoms with Crippen molar-refractivity contribution in [2.45, 2.75) is 32.9 Å². The van der Waals surface area contributed by atoms with Crippen molar-refractivity contribution in [3.05, 3.63) is 41.7 Å². The highest BCUT2D eigenvalue weighted by Crippen LogP contribution is 2.31. The zero-order valence-electron chi connectivity index (χ0n) is 13.8. The predicted octanol–water partition coefficient (Wildman–Crippen LogP) is 2.71. The highest BCUT2D eigenvalue weighted by Gasteiger charge is 2.20. The van der Waals surface area contributed by atoms with Crippen LogP contribution < -0.4 is 10.1 Å². The first-order chi connectivity index (χ1) is 11.4. The van der Waals surface area contributed by atoms with Gasteiger partial charge in [-0.3, -0.25) is 9.48 Å². The maximum absolute atomic E-state index is 12.2. The number of hydrogen-bond donors (Lipinski definition) is 1. The molecule has 0 saturated carbocycles. The van der Waals surface area contributed by atoms with Crippen molar-refractivity contribution in [2.24, 2.45) is 0 Å². The molecule has 3 rings (SSSR count). The lowest BCUT2D eigenvalue weighted by atomic mass is 10.1. The number of esters is 1. The Balaban J connectivity index is 1.72. The Morgan fingerprint density at radius 3 is 2.83 bits per heavy atom. The largest absolute Gasteiger partial charge is 0.482 e. The Bertz CT molecular complexity index is 782. The number of carbonyl (C=O) groups excluding carboxylic acids is 2. The lowest BCUT2D eigenvalue weighted by Gasteiger charge is -2.20. The second-order valence-corrected chi connectivity index (χ2v) is 5.91. The van der Waals surface area contributed by atoms with Crippen molar-refractivity contribution < 1.29 is 19.1 Å². The van der Waals surface area contributed by atoms with Crippen LogP contribution in [-0.2, 0) is 9.53 Å². The van der Waals surface area contributed by atoms with Crippen LogP contribution in [0, 0.1) is 0 Å². The topological polar surface area (TPSA) is 82.5 Å². The normalized spacial score (nSPS) is 14.6. The standard InChI is InChI=1S/C17H19N3O4/c1-10(2)20-7-6-13(19-20)17(22)24-11(3)12-4-5-15-14(8-12)18-16(21)9-23-15/h4-8,10-11H,9H2,1-3H3,(H,18,21). The number of benzene rings is 1. The lowest BCUT2D eigenvalue weighted by molar-refractivity contribution is -0.118. The van der Waals surface area contributed by atoms with Gasteiger partial charge in [-0.15, -0.1) is 0 Å². The van der Waals surface area contributed by atoms with Gasteiger partial charge in [0.1, 0.15) is 11.9 Å². The number of amides is 1. The van der Waals surface area contributed by atoms with Crippen LogP contribution in [0.4, 0.5) is 5.69 Å². The molecule has 1 unspecified atom stereocenters. The summed E-state index contributed by atoms with van der Waals surface area (Å²) in [4.78, 5) is 23.6. The Labute approximate surface area is 139 Å². The number of fused-ring (bicyclic) bond motifs is 1. The van der Waals surface area contributed by atoms with E-state index >= 15 is 0 Å². The molecular formula is C17H19N3O4. The van der Waals surface area contributed by atoms with Gasteiger partial charge in [0.05, 0.1) is 5.69 Å². The van der Waals surface area contributed by atoms with Crippen molar-refractivity contribution >= 4 is 17.6 Å². The van der Waals surface area contributed by atoms with Crippen molar-refractivity contribution in [1.29, 1.82) is 0 Å². The van der Waals surface area contributed by atoms with E-state index in [1.54, 1.807) is 42.1 Å². The van der Waals surface area contributed by atoms with Crippen LogP contribution in [0.2, 0.25) is 0 Å². The third-order valence-electron chi connectivity index (χ3n) is 3.74. The summed E-state index contributed by atoms with van der Waals surface area (Å²) in [6.07, 6.45) is 1.27. The summed E-state index contributed by atoms with van der Waals surface area (Å²) in [5.74, 6) is -0.0871. The Kier molecular flexibility index (Phi) is 4.24. The van der Waals surface area contributed by atoms with Crippen LogP contribution in [0.5, 0.6) is 5.75 Å². The number of hydrogen-bond acceptors (Lipinski definition) is 5. The SMILES string of the molecule is CC(OC(=O)c1ccn(C(C)C)n1)c1ccc2c(c1)NC(=O)CO2. The molecule has 1 N–H and O–H groups in total. The zero-order valence-corrected chi connectivity index (χ0v) is 13.8. The number of nitrogens with one attached hydrogen (secondary N) is 1. The van der Waals surface area contributed by atoms with Gasteiger partial charge in [-0.05, 0) is 44.5 Å².